The Hall–Kier alpha value is -2.21. The Bertz CT molecular complexity index is 677. The molecule has 0 unspecified atom stereocenters. The monoisotopic (exact) mass is 325 g/mol. The Morgan fingerprint density at radius 1 is 1.12 bits per heavy atom. The lowest BCUT2D eigenvalue weighted by molar-refractivity contribution is -0.133. The van der Waals surface area contributed by atoms with Crippen LogP contribution < -0.4 is 0 Å². The zero-order chi connectivity index (χ0) is 16.4. The topological polar surface area (TPSA) is 65.1 Å². The van der Waals surface area contributed by atoms with Crippen molar-refractivity contribution in [1.82, 2.24) is 25.0 Å². The smallest absolute Gasteiger partial charge is 0.223 e. The van der Waals surface area contributed by atoms with E-state index in [0.29, 0.717) is 18.9 Å². The van der Waals surface area contributed by atoms with Gasteiger partial charge >= 0.3 is 0 Å². The highest BCUT2D eigenvalue weighted by atomic mass is 16.2. The van der Waals surface area contributed by atoms with Gasteiger partial charge in [-0.25, -0.2) is 0 Å². The van der Waals surface area contributed by atoms with E-state index in [4.69, 9.17) is 0 Å². The van der Waals surface area contributed by atoms with Crippen LogP contribution in [0.4, 0.5) is 0 Å². The van der Waals surface area contributed by atoms with E-state index in [1.807, 2.05) is 24.7 Å². The number of carbonyl (C=O) groups excluding carboxylic acids is 1. The first kappa shape index (κ1) is 15.3. The molecule has 0 aliphatic carbocycles. The Labute approximate surface area is 141 Å². The summed E-state index contributed by atoms with van der Waals surface area (Å²) in [6, 6.07) is 4.00. The third kappa shape index (κ3) is 2.94. The van der Waals surface area contributed by atoms with Crippen molar-refractivity contribution in [1.29, 1.82) is 0 Å². The number of nitrogens with zero attached hydrogens (tertiary/aromatic N) is 4. The first-order valence-corrected chi connectivity index (χ1v) is 8.65. The Balaban J connectivity index is 1.43. The zero-order valence-corrected chi connectivity index (χ0v) is 13.8. The number of rotatable bonds is 4. The van der Waals surface area contributed by atoms with E-state index in [2.05, 4.69) is 31.0 Å². The molecule has 6 nitrogen and oxygen atoms in total. The van der Waals surface area contributed by atoms with Gasteiger partial charge in [-0.3, -0.25) is 19.8 Å². The second kappa shape index (κ2) is 6.36. The van der Waals surface area contributed by atoms with Crippen LogP contribution in [-0.4, -0.2) is 49.5 Å². The summed E-state index contributed by atoms with van der Waals surface area (Å²) in [5, 5.41) is 6.89. The van der Waals surface area contributed by atoms with Gasteiger partial charge in [-0.15, -0.1) is 0 Å². The zero-order valence-electron chi connectivity index (χ0n) is 13.8. The highest BCUT2D eigenvalue weighted by Gasteiger charge is 2.46. The van der Waals surface area contributed by atoms with Crippen molar-refractivity contribution < 1.29 is 4.79 Å². The van der Waals surface area contributed by atoms with Gasteiger partial charge in [-0.1, -0.05) is 6.07 Å². The summed E-state index contributed by atoms with van der Waals surface area (Å²) in [7, 11) is 0. The van der Waals surface area contributed by atoms with Gasteiger partial charge in [0.2, 0.25) is 5.91 Å². The molecule has 4 heterocycles. The molecule has 2 aromatic rings. The molecule has 2 fully saturated rings. The van der Waals surface area contributed by atoms with Crippen molar-refractivity contribution >= 4 is 5.91 Å². The summed E-state index contributed by atoms with van der Waals surface area (Å²) in [6.45, 7) is 3.68. The van der Waals surface area contributed by atoms with E-state index in [-0.39, 0.29) is 5.54 Å². The van der Waals surface area contributed by atoms with Crippen molar-refractivity contribution in [3.05, 3.63) is 48.0 Å². The molecule has 4 rings (SSSR count). The van der Waals surface area contributed by atoms with Crippen molar-refractivity contribution in [2.24, 2.45) is 0 Å². The maximum absolute atomic E-state index is 12.5. The molecule has 1 N–H and O–H groups in total. The molecule has 6 heteroatoms. The van der Waals surface area contributed by atoms with Crippen LogP contribution in [0, 0.1) is 0 Å². The molecular weight excluding hydrogens is 302 g/mol. The van der Waals surface area contributed by atoms with Crippen LogP contribution in [0.2, 0.25) is 0 Å². The lowest BCUT2D eigenvalue weighted by Crippen LogP contribution is -2.52. The molecule has 1 amide bonds. The van der Waals surface area contributed by atoms with Crippen molar-refractivity contribution in [2.75, 3.05) is 13.1 Å². The second-order valence-corrected chi connectivity index (χ2v) is 6.95. The molecule has 0 aromatic carbocycles. The van der Waals surface area contributed by atoms with Gasteiger partial charge in [0.15, 0.2) is 0 Å². The van der Waals surface area contributed by atoms with Crippen molar-refractivity contribution in [3.63, 3.8) is 0 Å². The number of hydrogen-bond acceptors (Lipinski definition) is 4. The van der Waals surface area contributed by atoms with Crippen LogP contribution in [0.5, 0.6) is 0 Å². The number of carbonyl (C=O) groups is 1. The molecule has 2 aromatic heterocycles. The number of hydrogen-bond donors (Lipinski definition) is 1. The molecule has 24 heavy (non-hydrogen) atoms. The number of piperidine rings is 1. The SMILES string of the molecule is O=C1CCC2(CCN(Cc3cn[nH]c3)CC2)N1Cc1cccnc1. The first-order chi connectivity index (χ1) is 11.8. The van der Waals surface area contributed by atoms with Crippen LogP contribution in [0.25, 0.3) is 0 Å². The lowest BCUT2D eigenvalue weighted by Gasteiger charge is -2.45. The van der Waals surface area contributed by atoms with E-state index >= 15 is 0 Å². The maximum atomic E-state index is 12.5. The number of likely N-dealkylation sites (tertiary alicyclic amines) is 2. The summed E-state index contributed by atoms with van der Waals surface area (Å²) in [5.74, 6) is 0.294. The van der Waals surface area contributed by atoms with Gasteiger partial charge in [0, 0.05) is 62.3 Å². The number of nitrogens with one attached hydrogen (secondary N) is 1. The van der Waals surface area contributed by atoms with Crippen LogP contribution in [0.3, 0.4) is 0 Å². The lowest BCUT2D eigenvalue weighted by atomic mass is 9.84. The molecule has 1 spiro atoms. The van der Waals surface area contributed by atoms with Crippen LogP contribution in [0.15, 0.2) is 36.9 Å². The molecule has 2 saturated heterocycles. The number of aromatic nitrogens is 3. The number of pyridine rings is 1. The van der Waals surface area contributed by atoms with Crippen molar-refractivity contribution in [3.8, 4) is 0 Å². The average molecular weight is 325 g/mol. The fourth-order valence-electron chi connectivity index (χ4n) is 4.07. The summed E-state index contributed by atoms with van der Waals surface area (Å²) >= 11 is 0. The third-order valence-electron chi connectivity index (χ3n) is 5.49. The van der Waals surface area contributed by atoms with Gasteiger partial charge in [-0.2, -0.15) is 5.10 Å². The van der Waals surface area contributed by atoms with E-state index in [9.17, 15) is 4.79 Å². The minimum atomic E-state index is 0.0415. The van der Waals surface area contributed by atoms with Gasteiger partial charge < -0.3 is 4.90 Å². The molecule has 0 radical (unpaired) electrons. The Morgan fingerprint density at radius 2 is 2.00 bits per heavy atom. The third-order valence-corrected chi connectivity index (χ3v) is 5.49. The minimum absolute atomic E-state index is 0.0415. The predicted molar refractivity (Wildman–Crippen MR) is 89.9 cm³/mol. The highest BCUT2D eigenvalue weighted by Crippen LogP contribution is 2.40. The average Bonchev–Trinajstić information content (AvgIpc) is 3.22. The standard InChI is InChI=1S/C18H23N5O/c24-17-3-4-18(23(17)14-15-2-1-7-19-10-15)5-8-22(9-6-18)13-16-11-20-21-12-16/h1-2,7,10-12H,3-6,8-9,13-14H2,(H,20,21). The fourth-order valence-corrected chi connectivity index (χ4v) is 4.07. The second-order valence-electron chi connectivity index (χ2n) is 6.95. The highest BCUT2D eigenvalue weighted by molar-refractivity contribution is 5.79. The van der Waals surface area contributed by atoms with Crippen molar-refractivity contribution in [2.45, 2.75) is 44.3 Å². The molecule has 2 aliphatic heterocycles. The van der Waals surface area contributed by atoms with E-state index < -0.39 is 0 Å². The number of H-pyrrole nitrogens is 1. The quantitative estimate of drug-likeness (QED) is 0.933. The summed E-state index contributed by atoms with van der Waals surface area (Å²) in [4.78, 5) is 21.2. The van der Waals surface area contributed by atoms with Crippen LogP contribution in [0.1, 0.15) is 36.8 Å². The normalized spacial score (nSPS) is 20.8. The molecule has 0 bridgehead atoms. The number of amides is 1. The maximum Gasteiger partial charge on any atom is 0.223 e. The van der Waals surface area contributed by atoms with Gasteiger partial charge in [-0.05, 0) is 30.9 Å². The molecule has 0 saturated carbocycles. The predicted octanol–water partition coefficient (Wildman–Crippen LogP) is 1.96. The van der Waals surface area contributed by atoms with Crippen LogP contribution >= 0.6 is 0 Å². The van der Waals surface area contributed by atoms with E-state index in [1.54, 1.807) is 6.20 Å². The first-order valence-electron chi connectivity index (χ1n) is 8.65. The minimum Gasteiger partial charge on any atom is -0.333 e. The van der Waals surface area contributed by atoms with Gasteiger partial charge in [0.25, 0.3) is 0 Å². The largest absolute Gasteiger partial charge is 0.333 e. The summed E-state index contributed by atoms with van der Waals surface area (Å²) in [6.07, 6.45) is 11.3. The number of aromatic amines is 1. The van der Waals surface area contributed by atoms with Gasteiger partial charge in [0.1, 0.15) is 0 Å². The molecule has 126 valence electrons. The fraction of sp³-hybridized carbons (Fsp3) is 0.500. The Morgan fingerprint density at radius 3 is 2.71 bits per heavy atom. The molecule has 0 atom stereocenters. The molecule has 2 aliphatic rings. The molecular formula is C18H23N5O. The van der Waals surface area contributed by atoms with E-state index in [1.165, 1.54) is 5.56 Å². The summed E-state index contributed by atoms with van der Waals surface area (Å²) in [5.41, 5.74) is 2.38. The van der Waals surface area contributed by atoms with Gasteiger partial charge in [0.05, 0.1) is 6.20 Å². The Kier molecular flexibility index (Phi) is 4.06. The van der Waals surface area contributed by atoms with Crippen LogP contribution in [-0.2, 0) is 17.9 Å². The summed E-state index contributed by atoms with van der Waals surface area (Å²) < 4.78 is 0. The van der Waals surface area contributed by atoms with E-state index in [0.717, 1.165) is 44.5 Å².